The molecule has 1 atom stereocenters. The van der Waals surface area contributed by atoms with Gasteiger partial charge in [0.25, 0.3) is 11.5 Å². The Morgan fingerprint density at radius 1 is 1.11 bits per heavy atom. The zero-order valence-electron chi connectivity index (χ0n) is 16.0. The standard InChI is InChI=1S/C19H25N3O5/c1-9(2)21-18(25)14(17(24)20-10(3)19(26)27)16(23)15-13-8-6-5-7-12(13)11(4)22(15)21/h9-10,23H,5-8H2,1-4H3,(H,20,24)(H,26,27)/t10-/m0/s1. The van der Waals surface area contributed by atoms with Gasteiger partial charge < -0.3 is 15.5 Å². The minimum absolute atomic E-state index is 0.253. The number of aromatic hydroxyl groups is 1. The third kappa shape index (κ3) is 2.89. The fraction of sp³-hybridized carbons (Fsp3) is 0.526. The third-order valence-corrected chi connectivity index (χ3v) is 5.25. The monoisotopic (exact) mass is 375 g/mol. The van der Waals surface area contributed by atoms with Crippen LogP contribution in [-0.4, -0.2) is 37.3 Å². The maximum Gasteiger partial charge on any atom is 0.325 e. The van der Waals surface area contributed by atoms with E-state index in [4.69, 9.17) is 5.11 Å². The molecule has 1 amide bonds. The van der Waals surface area contributed by atoms with E-state index in [1.807, 2.05) is 20.8 Å². The molecule has 146 valence electrons. The fourth-order valence-electron chi connectivity index (χ4n) is 3.93. The Bertz CT molecular complexity index is 999. The van der Waals surface area contributed by atoms with Crippen molar-refractivity contribution in [2.24, 2.45) is 0 Å². The highest BCUT2D eigenvalue weighted by Gasteiger charge is 2.30. The van der Waals surface area contributed by atoms with Crippen LogP contribution in [0, 0.1) is 6.92 Å². The number of fused-ring (bicyclic) bond motifs is 3. The normalized spacial score (nSPS) is 15.0. The smallest absolute Gasteiger partial charge is 0.325 e. The molecule has 2 aromatic rings. The molecule has 0 saturated carbocycles. The molecule has 0 bridgehead atoms. The van der Waals surface area contributed by atoms with Gasteiger partial charge in [0.15, 0.2) is 5.75 Å². The minimum Gasteiger partial charge on any atom is -0.505 e. The summed E-state index contributed by atoms with van der Waals surface area (Å²) in [6.45, 7) is 6.89. The number of nitrogens with one attached hydrogen (secondary N) is 1. The first-order valence-corrected chi connectivity index (χ1v) is 9.21. The van der Waals surface area contributed by atoms with E-state index in [0.717, 1.165) is 42.5 Å². The summed E-state index contributed by atoms with van der Waals surface area (Å²) in [5, 5.41) is 22.2. The fourth-order valence-corrected chi connectivity index (χ4v) is 3.93. The van der Waals surface area contributed by atoms with Crippen LogP contribution in [0.1, 0.15) is 66.8 Å². The van der Waals surface area contributed by atoms with E-state index in [-0.39, 0.29) is 11.8 Å². The highest BCUT2D eigenvalue weighted by molar-refractivity contribution is 6.00. The highest BCUT2D eigenvalue weighted by atomic mass is 16.4. The summed E-state index contributed by atoms with van der Waals surface area (Å²) < 4.78 is 3.18. The quantitative estimate of drug-likeness (QED) is 0.754. The Hall–Kier alpha value is -2.77. The van der Waals surface area contributed by atoms with Crippen LogP contribution in [0.2, 0.25) is 0 Å². The van der Waals surface area contributed by atoms with Gasteiger partial charge in [-0.1, -0.05) is 0 Å². The lowest BCUT2D eigenvalue weighted by atomic mass is 9.92. The summed E-state index contributed by atoms with van der Waals surface area (Å²) >= 11 is 0. The number of hydrogen-bond acceptors (Lipinski definition) is 4. The van der Waals surface area contributed by atoms with Crippen LogP contribution >= 0.6 is 0 Å². The molecule has 0 saturated heterocycles. The van der Waals surface area contributed by atoms with Gasteiger partial charge in [-0.2, -0.15) is 0 Å². The number of aromatic nitrogens is 2. The van der Waals surface area contributed by atoms with Gasteiger partial charge in [0.05, 0.1) is 0 Å². The van der Waals surface area contributed by atoms with Crippen LogP contribution in [0.5, 0.6) is 5.75 Å². The van der Waals surface area contributed by atoms with E-state index in [1.54, 1.807) is 4.52 Å². The second kappa shape index (κ2) is 6.75. The third-order valence-electron chi connectivity index (χ3n) is 5.25. The van der Waals surface area contributed by atoms with E-state index in [0.29, 0.717) is 5.52 Å². The van der Waals surface area contributed by atoms with Crippen molar-refractivity contribution < 1.29 is 19.8 Å². The number of carboxylic acids is 1. The van der Waals surface area contributed by atoms with Crippen molar-refractivity contribution in [3.63, 3.8) is 0 Å². The molecule has 1 aliphatic rings. The average molecular weight is 375 g/mol. The molecule has 3 rings (SSSR count). The first-order chi connectivity index (χ1) is 12.7. The number of hydrogen-bond donors (Lipinski definition) is 3. The van der Waals surface area contributed by atoms with E-state index in [2.05, 4.69) is 5.32 Å². The van der Waals surface area contributed by atoms with Crippen LogP contribution in [0.15, 0.2) is 4.79 Å². The van der Waals surface area contributed by atoms with Gasteiger partial charge in [0.2, 0.25) is 0 Å². The second-order valence-corrected chi connectivity index (χ2v) is 7.41. The van der Waals surface area contributed by atoms with Gasteiger partial charge in [-0.25, -0.2) is 4.68 Å². The van der Waals surface area contributed by atoms with Crippen LogP contribution in [0.25, 0.3) is 5.52 Å². The maximum atomic E-state index is 13.1. The molecule has 0 aromatic carbocycles. The summed E-state index contributed by atoms with van der Waals surface area (Å²) in [5.41, 5.74) is 2.40. The minimum atomic E-state index is -1.22. The maximum absolute atomic E-state index is 13.1. The van der Waals surface area contributed by atoms with Crippen molar-refractivity contribution in [2.45, 2.75) is 65.5 Å². The molecular formula is C19H25N3O5. The Kier molecular flexibility index (Phi) is 4.75. The van der Waals surface area contributed by atoms with Crippen molar-refractivity contribution in [1.82, 2.24) is 14.5 Å². The highest BCUT2D eigenvalue weighted by Crippen LogP contribution is 2.36. The number of carboxylic acid groups (broad SMARTS) is 1. The average Bonchev–Trinajstić information content (AvgIpc) is 2.88. The van der Waals surface area contributed by atoms with E-state index >= 15 is 0 Å². The van der Waals surface area contributed by atoms with Gasteiger partial charge in [0, 0.05) is 11.7 Å². The molecule has 0 aliphatic heterocycles. The van der Waals surface area contributed by atoms with Crippen molar-refractivity contribution in [3.8, 4) is 5.75 Å². The second-order valence-electron chi connectivity index (χ2n) is 7.41. The molecule has 3 N–H and O–H groups in total. The first kappa shape index (κ1) is 19.0. The van der Waals surface area contributed by atoms with E-state index in [9.17, 15) is 19.5 Å². The zero-order valence-corrected chi connectivity index (χ0v) is 16.0. The van der Waals surface area contributed by atoms with Gasteiger partial charge in [-0.15, -0.1) is 0 Å². The predicted molar refractivity (Wildman–Crippen MR) is 99.6 cm³/mol. The van der Waals surface area contributed by atoms with Crippen molar-refractivity contribution >= 4 is 17.4 Å². The molecule has 0 spiro atoms. The van der Waals surface area contributed by atoms with Crippen molar-refractivity contribution in [3.05, 3.63) is 32.7 Å². The Morgan fingerprint density at radius 3 is 2.26 bits per heavy atom. The van der Waals surface area contributed by atoms with Gasteiger partial charge in [-0.3, -0.25) is 18.9 Å². The van der Waals surface area contributed by atoms with Gasteiger partial charge >= 0.3 is 5.97 Å². The number of aryl methyl sites for hydroxylation is 2. The van der Waals surface area contributed by atoms with E-state index in [1.165, 1.54) is 11.6 Å². The largest absolute Gasteiger partial charge is 0.505 e. The number of carbonyl (C=O) groups excluding carboxylic acids is 1. The molecule has 0 unspecified atom stereocenters. The summed E-state index contributed by atoms with van der Waals surface area (Å²) in [6.07, 6.45) is 3.65. The molecular weight excluding hydrogens is 350 g/mol. The number of rotatable bonds is 4. The van der Waals surface area contributed by atoms with Crippen LogP contribution < -0.4 is 10.9 Å². The molecule has 0 radical (unpaired) electrons. The summed E-state index contributed by atoms with van der Waals surface area (Å²) in [5.74, 6) is -2.48. The van der Waals surface area contributed by atoms with E-state index < -0.39 is 29.0 Å². The molecule has 0 fully saturated rings. The number of amides is 1. The molecule has 8 nitrogen and oxygen atoms in total. The lowest BCUT2D eigenvalue weighted by Crippen LogP contribution is -2.42. The Balaban J connectivity index is 2.35. The molecule has 2 heterocycles. The molecule has 27 heavy (non-hydrogen) atoms. The molecule has 2 aromatic heterocycles. The lowest BCUT2D eigenvalue weighted by Gasteiger charge is -2.19. The topological polar surface area (TPSA) is 113 Å². The van der Waals surface area contributed by atoms with Crippen LogP contribution in [0.3, 0.4) is 0 Å². The zero-order chi connectivity index (χ0) is 20.0. The molecule has 1 aliphatic carbocycles. The Morgan fingerprint density at radius 2 is 1.70 bits per heavy atom. The summed E-state index contributed by atoms with van der Waals surface area (Å²) in [7, 11) is 0. The number of nitrogens with zero attached hydrogens (tertiary/aromatic N) is 2. The lowest BCUT2D eigenvalue weighted by molar-refractivity contribution is -0.138. The van der Waals surface area contributed by atoms with Gasteiger partial charge in [-0.05, 0) is 64.5 Å². The SMILES string of the molecule is Cc1c2c(c3c(O)c(C(=O)N[C@@H](C)C(=O)O)c(=O)n(C(C)C)n13)CCCC2. The summed E-state index contributed by atoms with van der Waals surface area (Å²) in [6, 6.07) is -1.43. The first-order valence-electron chi connectivity index (χ1n) is 9.21. The number of carbonyl (C=O) groups is 2. The summed E-state index contributed by atoms with van der Waals surface area (Å²) in [4.78, 5) is 36.8. The van der Waals surface area contributed by atoms with Crippen LogP contribution in [-0.2, 0) is 17.6 Å². The van der Waals surface area contributed by atoms with Crippen LogP contribution in [0.4, 0.5) is 0 Å². The Labute approximate surface area is 156 Å². The molecule has 8 heteroatoms. The van der Waals surface area contributed by atoms with Crippen molar-refractivity contribution in [1.29, 1.82) is 0 Å². The predicted octanol–water partition coefficient (Wildman–Crippen LogP) is 1.78. The van der Waals surface area contributed by atoms with Gasteiger partial charge in [0.1, 0.15) is 17.1 Å². The van der Waals surface area contributed by atoms with Crippen molar-refractivity contribution in [2.75, 3.05) is 0 Å². The number of aliphatic carboxylic acids is 1.